The van der Waals surface area contributed by atoms with Gasteiger partial charge in [0.25, 0.3) is 0 Å². The zero-order valence-electron chi connectivity index (χ0n) is 16.3. The molecule has 2 atom stereocenters. The van der Waals surface area contributed by atoms with Crippen molar-refractivity contribution in [3.63, 3.8) is 0 Å². The second-order valence-corrected chi connectivity index (χ2v) is 9.00. The lowest BCUT2D eigenvalue weighted by Gasteiger charge is -2.39. The van der Waals surface area contributed by atoms with Crippen molar-refractivity contribution in [2.24, 2.45) is 5.10 Å². The Kier molecular flexibility index (Phi) is 5.43. The van der Waals surface area contributed by atoms with Crippen LogP contribution in [0.5, 0.6) is 11.5 Å². The summed E-state index contributed by atoms with van der Waals surface area (Å²) in [5, 5.41) is 8.89. The first kappa shape index (κ1) is 20.8. The van der Waals surface area contributed by atoms with E-state index in [0.717, 1.165) is 28.2 Å². The molecule has 158 valence electrons. The van der Waals surface area contributed by atoms with Crippen LogP contribution in [0, 0.1) is 0 Å². The summed E-state index contributed by atoms with van der Waals surface area (Å²) >= 11 is 25.4. The van der Waals surface area contributed by atoms with Crippen molar-refractivity contribution < 1.29 is 9.47 Å². The summed E-state index contributed by atoms with van der Waals surface area (Å²) in [4.78, 5) is 0. The molecule has 2 aliphatic rings. The van der Waals surface area contributed by atoms with E-state index in [1.54, 1.807) is 25.3 Å². The van der Waals surface area contributed by atoms with Crippen molar-refractivity contribution in [3.8, 4) is 11.5 Å². The number of benzene rings is 3. The zero-order chi connectivity index (χ0) is 21.7. The number of hydrogen-bond acceptors (Lipinski definition) is 4. The average Bonchev–Trinajstić information content (AvgIpc) is 3.20. The fraction of sp³-hybridized carbons (Fsp3) is 0.174. The minimum Gasteiger partial charge on any atom is -0.497 e. The van der Waals surface area contributed by atoms with E-state index in [1.165, 1.54) is 0 Å². The Morgan fingerprint density at radius 3 is 2.35 bits per heavy atom. The highest BCUT2D eigenvalue weighted by Crippen LogP contribution is 2.51. The lowest BCUT2D eigenvalue weighted by atomic mass is 9.96. The van der Waals surface area contributed by atoms with Crippen molar-refractivity contribution in [2.75, 3.05) is 7.11 Å². The molecule has 0 fully saturated rings. The Morgan fingerprint density at radius 2 is 1.65 bits per heavy atom. The summed E-state index contributed by atoms with van der Waals surface area (Å²) in [6.07, 6.45) is 0.109. The van der Waals surface area contributed by atoms with Crippen LogP contribution in [0.3, 0.4) is 0 Å². The first-order valence-electron chi connectivity index (χ1n) is 9.55. The molecule has 2 heterocycles. The van der Waals surface area contributed by atoms with Gasteiger partial charge in [-0.2, -0.15) is 5.10 Å². The van der Waals surface area contributed by atoms with Gasteiger partial charge in [-0.1, -0.05) is 52.5 Å². The lowest BCUT2D eigenvalue weighted by molar-refractivity contribution is -0.0188. The third-order valence-corrected chi connectivity index (χ3v) is 6.52. The third-order valence-electron chi connectivity index (χ3n) is 5.46. The van der Waals surface area contributed by atoms with Crippen LogP contribution < -0.4 is 9.47 Å². The van der Waals surface area contributed by atoms with Crippen LogP contribution in [-0.4, -0.2) is 17.8 Å². The highest BCUT2D eigenvalue weighted by molar-refractivity contribution is 6.36. The monoisotopic (exact) mass is 492 g/mol. The minimum absolute atomic E-state index is 0.103. The summed E-state index contributed by atoms with van der Waals surface area (Å²) in [5.74, 6) is 1.38. The summed E-state index contributed by atoms with van der Waals surface area (Å²) in [6, 6.07) is 16.6. The predicted molar refractivity (Wildman–Crippen MR) is 125 cm³/mol. The highest BCUT2D eigenvalue weighted by Gasteiger charge is 2.42. The largest absolute Gasteiger partial charge is 0.497 e. The zero-order valence-corrected chi connectivity index (χ0v) is 19.3. The molecule has 0 saturated heterocycles. The van der Waals surface area contributed by atoms with Crippen LogP contribution in [0.15, 0.2) is 59.7 Å². The standard InChI is InChI=1S/C23H16Cl4N2O2/c1-30-15-5-2-12(3-6-15)20-11-21-17-8-14(25)10-19(27)22(17)31-23(29(21)28-20)16-7-4-13(24)9-18(16)26/h2-10,21,23H,11H2,1H3/t21-,23-/m0/s1. The third kappa shape index (κ3) is 3.72. The Hall–Kier alpha value is -2.11. The molecule has 0 aliphatic carbocycles. The van der Waals surface area contributed by atoms with Crippen molar-refractivity contribution in [3.05, 3.63) is 91.4 Å². The lowest BCUT2D eigenvalue weighted by Crippen LogP contribution is -2.34. The maximum absolute atomic E-state index is 6.52. The van der Waals surface area contributed by atoms with Gasteiger partial charge in [0.15, 0.2) is 0 Å². The van der Waals surface area contributed by atoms with E-state index in [9.17, 15) is 0 Å². The van der Waals surface area contributed by atoms with E-state index in [2.05, 4.69) is 0 Å². The quantitative estimate of drug-likeness (QED) is 0.377. The normalized spacial score (nSPS) is 19.4. The molecule has 0 radical (unpaired) electrons. The van der Waals surface area contributed by atoms with Crippen molar-refractivity contribution >= 4 is 52.1 Å². The topological polar surface area (TPSA) is 34.1 Å². The number of halogens is 4. The summed E-state index contributed by atoms with van der Waals surface area (Å²) < 4.78 is 11.6. The van der Waals surface area contributed by atoms with Crippen LogP contribution in [0.1, 0.15) is 35.4 Å². The van der Waals surface area contributed by atoms with Gasteiger partial charge < -0.3 is 9.47 Å². The van der Waals surface area contributed by atoms with Gasteiger partial charge in [-0.05, 0) is 54.1 Å². The average molecular weight is 494 g/mol. The van der Waals surface area contributed by atoms with Gasteiger partial charge in [-0.15, -0.1) is 0 Å². The molecule has 0 amide bonds. The first-order valence-corrected chi connectivity index (χ1v) is 11.1. The van der Waals surface area contributed by atoms with Crippen LogP contribution >= 0.6 is 46.4 Å². The summed E-state index contributed by atoms with van der Waals surface area (Å²) in [6.45, 7) is 0. The van der Waals surface area contributed by atoms with Crippen molar-refractivity contribution in [1.29, 1.82) is 0 Å². The van der Waals surface area contributed by atoms with E-state index in [-0.39, 0.29) is 6.04 Å². The molecule has 0 unspecified atom stereocenters. The van der Waals surface area contributed by atoms with E-state index in [1.807, 2.05) is 41.4 Å². The molecular formula is C23H16Cl4N2O2. The molecule has 0 N–H and O–H groups in total. The number of nitrogens with zero attached hydrogens (tertiary/aromatic N) is 2. The maximum Gasteiger partial charge on any atom is 0.215 e. The smallest absolute Gasteiger partial charge is 0.215 e. The van der Waals surface area contributed by atoms with E-state index in [4.69, 9.17) is 61.0 Å². The number of rotatable bonds is 3. The molecule has 0 spiro atoms. The molecule has 0 saturated carbocycles. The fourth-order valence-electron chi connectivity index (χ4n) is 3.98. The molecule has 0 aromatic heterocycles. The Labute approximate surface area is 199 Å². The second-order valence-electron chi connectivity index (χ2n) is 7.32. The molecule has 5 rings (SSSR count). The number of hydrazone groups is 1. The summed E-state index contributed by atoms with van der Waals surface area (Å²) in [5.41, 5.74) is 3.58. The SMILES string of the molecule is COc1ccc(C2=NN3[C@@H](C2)c2cc(Cl)cc(Cl)c2O[C@H]3c2ccc(Cl)cc2Cl)cc1. The number of hydrogen-bond donors (Lipinski definition) is 0. The van der Waals surface area contributed by atoms with E-state index < -0.39 is 6.23 Å². The van der Waals surface area contributed by atoms with Crippen molar-refractivity contribution in [1.82, 2.24) is 5.01 Å². The molecule has 0 bridgehead atoms. The van der Waals surface area contributed by atoms with Crippen LogP contribution in [0.25, 0.3) is 0 Å². The van der Waals surface area contributed by atoms with Gasteiger partial charge in [0, 0.05) is 27.6 Å². The van der Waals surface area contributed by atoms with Crippen LogP contribution in [0.4, 0.5) is 0 Å². The molecule has 4 nitrogen and oxygen atoms in total. The fourth-order valence-corrected chi connectivity index (χ4v) is 5.03. The molecule has 3 aromatic carbocycles. The number of methoxy groups -OCH3 is 1. The maximum atomic E-state index is 6.52. The molecule has 3 aromatic rings. The number of ether oxygens (including phenoxy) is 2. The first-order chi connectivity index (χ1) is 14.9. The highest BCUT2D eigenvalue weighted by atomic mass is 35.5. The van der Waals surface area contributed by atoms with Gasteiger partial charge in [-0.25, -0.2) is 5.01 Å². The number of fused-ring (bicyclic) bond motifs is 3. The molecule has 2 aliphatic heterocycles. The van der Waals surface area contributed by atoms with Gasteiger partial charge in [0.2, 0.25) is 6.23 Å². The summed E-state index contributed by atoms with van der Waals surface area (Å²) in [7, 11) is 1.64. The molecule has 8 heteroatoms. The molecule has 31 heavy (non-hydrogen) atoms. The van der Waals surface area contributed by atoms with Gasteiger partial charge in [-0.3, -0.25) is 0 Å². The van der Waals surface area contributed by atoms with E-state index in [0.29, 0.717) is 32.3 Å². The Bertz CT molecular complexity index is 1200. The van der Waals surface area contributed by atoms with Crippen LogP contribution in [0.2, 0.25) is 20.1 Å². The van der Waals surface area contributed by atoms with E-state index >= 15 is 0 Å². The second kappa shape index (κ2) is 8.10. The van der Waals surface area contributed by atoms with Crippen LogP contribution in [-0.2, 0) is 0 Å². The van der Waals surface area contributed by atoms with Gasteiger partial charge in [0.05, 0.1) is 28.9 Å². The van der Waals surface area contributed by atoms with Crippen molar-refractivity contribution in [2.45, 2.75) is 18.7 Å². The predicted octanol–water partition coefficient (Wildman–Crippen LogP) is 7.55. The Balaban J connectivity index is 1.62. The molecular weight excluding hydrogens is 478 g/mol. The van der Waals surface area contributed by atoms with Gasteiger partial charge in [0.1, 0.15) is 11.5 Å². The van der Waals surface area contributed by atoms with Gasteiger partial charge >= 0.3 is 0 Å². The minimum atomic E-state index is -0.559. The Morgan fingerprint density at radius 1 is 0.903 bits per heavy atom.